The van der Waals surface area contributed by atoms with Crippen LogP contribution in [0.5, 0.6) is 0 Å². The van der Waals surface area contributed by atoms with Gasteiger partial charge >= 0.3 is 0 Å². The van der Waals surface area contributed by atoms with Crippen molar-refractivity contribution in [3.63, 3.8) is 0 Å². The Kier molecular flexibility index (Phi) is 10.8. The normalized spacial score (nSPS) is 15.9. The second-order valence-corrected chi connectivity index (χ2v) is 22.0. The van der Waals surface area contributed by atoms with Crippen LogP contribution in [0.25, 0.3) is 44.5 Å². The molecule has 3 aliphatic carbocycles. The summed E-state index contributed by atoms with van der Waals surface area (Å²) in [5.41, 5.74) is 24.2. The van der Waals surface area contributed by atoms with E-state index in [0.29, 0.717) is 5.92 Å². The first kappa shape index (κ1) is 42.3. The van der Waals surface area contributed by atoms with E-state index < -0.39 is 0 Å². The van der Waals surface area contributed by atoms with Crippen molar-refractivity contribution in [1.29, 1.82) is 0 Å². The number of fused-ring (bicyclic) bond motifs is 4. The molecule has 1 nitrogen and oxygen atoms in total. The molecular weight excluding hydrogens is 771 g/mol. The number of hydrogen-bond acceptors (Lipinski definition) is 1. The lowest BCUT2D eigenvalue weighted by Gasteiger charge is -2.29. The van der Waals surface area contributed by atoms with Gasteiger partial charge in [-0.05, 0) is 181 Å². The lowest BCUT2D eigenvalue weighted by Crippen LogP contribution is -2.16. The molecule has 1 fully saturated rings. The van der Waals surface area contributed by atoms with Crippen LogP contribution < -0.4 is 4.90 Å². The Hall–Kier alpha value is -5.66. The molecule has 3 aliphatic rings. The predicted molar refractivity (Wildman–Crippen MR) is 275 cm³/mol. The summed E-state index contributed by atoms with van der Waals surface area (Å²) in [6, 6.07) is 56.8. The average Bonchev–Trinajstić information content (AvgIpc) is 3.54. The topological polar surface area (TPSA) is 3.24 Å². The van der Waals surface area contributed by atoms with Crippen LogP contribution >= 0.6 is 0 Å². The zero-order chi connectivity index (χ0) is 44.4. The van der Waals surface area contributed by atoms with Crippen LogP contribution in [0.1, 0.15) is 145 Å². The molecule has 0 aliphatic heterocycles. The lowest BCUT2D eigenvalue weighted by atomic mass is 9.78. The van der Waals surface area contributed by atoms with Crippen LogP contribution in [0.15, 0.2) is 146 Å². The molecule has 7 aromatic carbocycles. The molecule has 0 aromatic heterocycles. The summed E-state index contributed by atoms with van der Waals surface area (Å²) in [4.78, 5) is 2.50. The molecule has 64 heavy (non-hydrogen) atoms. The zero-order valence-electron chi connectivity index (χ0n) is 39.7. The highest BCUT2D eigenvalue weighted by Gasteiger charge is 2.36. The Balaban J connectivity index is 1.09. The number of benzene rings is 7. The molecule has 10 rings (SSSR count). The molecule has 1 heteroatoms. The fourth-order valence-corrected chi connectivity index (χ4v) is 11.2. The molecule has 1 saturated carbocycles. The van der Waals surface area contributed by atoms with E-state index in [4.69, 9.17) is 0 Å². The van der Waals surface area contributed by atoms with E-state index in [9.17, 15) is 0 Å². The van der Waals surface area contributed by atoms with Gasteiger partial charge in [-0.1, -0.05) is 178 Å². The van der Waals surface area contributed by atoms with Gasteiger partial charge in [0, 0.05) is 22.5 Å². The second-order valence-electron chi connectivity index (χ2n) is 22.0. The van der Waals surface area contributed by atoms with Crippen molar-refractivity contribution in [1.82, 2.24) is 0 Å². The van der Waals surface area contributed by atoms with E-state index >= 15 is 0 Å². The van der Waals surface area contributed by atoms with E-state index in [1.54, 1.807) is 0 Å². The maximum absolute atomic E-state index is 2.53. The minimum Gasteiger partial charge on any atom is -0.310 e. The maximum Gasteiger partial charge on any atom is 0.0467 e. The maximum atomic E-state index is 2.53. The quantitative estimate of drug-likeness (QED) is 0.155. The van der Waals surface area contributed by atoms with Crippen molar-refractivity contribution in [2.45, 2.75) is 135 Å². The highest BCUT2D eigenvalue weighted by Crippen LogP contribution is 2.51. The molecule has 0 heterocycles. The van der Waals surface area contributed by atoms with Gasteiger partial charge in [0.25, 0.3) is 0 Å². The number of hydrogen-bond donors (Lipinski definition) is 0. The number of aryl methyl sites for hydroxylation is 1. The van der Waals surface area contributed by atoms with Gasteiger partial charge in [0.05, 0.1) is 0 Å². The Morgan fingerprint density at radius 1 is 0.438 bits per heavy atom. The zero-order valence-corrected chi connectivity index (χ0v) is 39.7. The van der Waals surface area contributed by atoms with Gasteiger partial charge in [0.2, 0.25) is 0 Å². The molecule has 0 unspecified atom stereocenters. The van der Waals surface area contributed by atoms with Gasteiger partial charge in [-0.25, -0.2) is 0 Å². The lowest BCUT2D eigenvalue weighted by molar-refractivity contribution is 0.443. The first-order valence-corrected chi connectivity index (χ1v) is 24.4. The Morgan fingerprint density at radius 2 is 1.05 bits per heavy atom. The molecule has 0 radical (unpaired) electrons. The smallest absolute Gasteiger partial charge is 0.0467 e. The summed E-state index contributed by atoms with van der Waals surface area (Å²) in [7, 11) is 0. The molecule has 0 atom stereocenters. The number of anilines is 3. The third kappa shape index (κ3) is 7.95. The summed E-state index contributed by atoms with van der Waals surface area (Å²) in [5, 5.41) is 0. The molecular formula is C63H67N. The number of nitrogens with zero attached hydrogens (tertiary/aromatic N) is 1. The van der Waals surface area contributed by atoms with Crippen LogP contribution in [0.3, 0.4) is 0 Å². The Labute approximate surface area is 384 Å². The average molecular weight is 838 g/mol. The van der Waals surface area contributed by atoms with Crippen LogP contribution in [0.2, 0.25) is 0 Å². The van der Waals surface area contributed by atoms with Gasteiger partial charge < -0.3 is 4.90 Å². The van der Waals surface area contributed by atoms with Gasteiger partial charge in [-0.15, -0.1) is 0 Å². The standard InChI is InChI=1S/C63H67N/c1-61(2,3)50-36-49(37-51(40-50)62(4,5)6)48-35-46-19-12-13-22-55(46)58(39-48)47-20-16-21-53(38-47)64(54-33-34-57-56-23-14-15-24-59(56)63(7,8)60(57)41-54)52-31-29-45(30-32-52)44-27-25-43(26-28-44)42-17-10-9-11-18-42/h14-16,20-21,23-42H,9-13,17-19,22H2,1-8H3. The van der Waals surface area contributed by atoms with Crippen LogP contribution in [0.4, 0.5) is 17.1 Å². The molecule has 0 spiro atoms. The van der Waals surface area contributed by atoms with Gasteiger partial charge in [0.15, 0.2) is 0 Å². The van der Waals surface area contributed by atoms with Crippen molar-refractivity contribution in [2.24, 2.45) is 0 Å². The minimum absolute atomic E-state index is 0.0533. The number of rotatable bonds is 7. The van der Waals surface area contributed by atoms with Crippen LogP contribution in [0, 0.1) is 0 Å². The van der Waals surface area contributed by atoms with Crippen molar-refractivity contribution < 1.29 is 0 Å². The van der Waals surface area contributed by atoms with Crippen molar-refractivity contribution in [2.75, 3.05) is 4.90 Å². The highest BCUT2D eigenvalue weighted by molar-refractivity contribution is 5.88. The fourth-order valence-electron chi connectivity index (χ4n) is 11.2. The van der Waals surface area contributed by atoms with Gasteiger partial charge in [-0.2, -0.15) is 0 Å². The summed E-state index contributed by atoms with van der Waals surface area (Å²) < 4.78 is 0. The molecule has 7 aromatic rings. The second kappa shape index (κ2) is 16.4. The van der Waals surface area contributed by atoms with E-state index in [1.807, 2.05) is 0 Å². The summed E-state index contributed by atoms with van der Waals surface area (Å²) in [6.07, 6.45) is 11.5. The minimum atomic E-state index is -0.0975. The van der Waals surface area contributed by atoms with Crippen molar-refractivity contribution in [3.8, 4) is 44.5 Å². The van der Waals surface area contributed by atoms with Crippen molar-refractivity contribution >= 4 is 17.1 Å². The molecule has 0 amide bonds. The van der Waals surface area contributed by atoms with Crippen molar-refractivity contribution in [3.05, 3.63) is 185 Å². The largest absolute Gasteiger partial charge is 0.310 e. The fraction of sp³-hybridized carbons (Fsp3) is 0.333. The molecule has 0 N–H and O–H groups in total. The van der Waals surface area contributed by atoms with Gasteiger partial charge in [0.1, 0.15) is 0 Å². The van der Waals surface area contributed by atoms with Crippen LogP contribution in [-0.4, -0.2) is 0 Å². The van der Waals surface area contributed by atoms with E-state index in [2.05, 4.69) is 206 Å². The van der Waals surface area contributed by atoms with E-state index in [0.717, 1.165) is 18.5 Å². The van der Waals surface area contributed by atoms with E-state index in [1.165, 1.54) is 140 Å². The molecule has 0 saturated heterocycles. The third-order valence-corrected chi connectivity index (χ3v) is 15.2. The summed E-state index contributed by atoms with van der Waals surface area (Å²) in [5.74, 6) is 0.716. The molecule has 324 valence electrons. The Morgan fingerprint density at radius 3 is 1.75 bits per heavy atom. The van der Waals surface area contributed by atoms with Gasteiger partial charge in [-0.3, -0.25) is 0 Å². The first-order valence-electron chi connectivity index (χ1n) is 24.4. The summed E-state index contributed by atoms with van der Waals surface area (Å²) >= 11 is 0. The SMILES string of the molecule is CC(C)(C)c1cc(-c2cc3c(c(-c4cccc(N(c5ccc(-c6ccc(C7CCCCC7)cc6)cc5)c5ccc6c(c5)C(C)(C)c5ccccc5-6)c4)c2)CCCC3)cc(C(C)(C)C)c1. The monoisotopic (exact) mass is 838 g/mol. The van der Waals surface area contributed by atoms with E-state index in [-0.39, 0.29) is 16.2 Å². The third-order valence-electron chi connectivity index (χ3n) is 15.2. The predicted octanol–water partition coefficient (Wildman–Crippen LogP) is 18.0. The first-order chi connectivity index (χ1) is 30.7. The van der Waals surface area contributed by atoms with Crippen LogP contribution in [-0.2, 0) is 29.1 Å². The highest BCUT2D eigenvalue weighted by atomic mass is 15.1. The molecule has 0 bridgehead atoms. The summed E-state index contributed by atoms with van der Waals surface area (Å²) in [6.45, 7) is 18.8. The Bertz CT molecular complexity index is 2800.